The average Bonchev–Trinajstić information content (AvgIpc) is 2.66. The van der Waals surface area contributed by atoms with Crippen molar-refractivity contribution < 1.29 is 19.1 Å². The van der Waals surface area contributed by atoms with Crippen LogP contribution in [0.15, 0.2) is 24.3 Å². The molecule has 29 heavy (non-hydrogen) atoms. The lowest BCUT2D eigenvalue weighted by atomic mass is 9.86. The van der Waals surface area contributed by atoms with Gasteiger partial charge in [-0.3, -0.25) is 19.7 Å². The first-order chi connectivity index (χ1) is 13.7. The van der Waals surface area contributed by atoms with Crippen LogP contribution in [0.25, 0.3) is 0 Å². The summed E-state index contributed by atoms with van der Waals surface area (Å²) in [5.74, 6) is -0.225. The van der Waals surface area contributed by atoms with E-state index in [-0.39, 0.29) is 23.7 Å². The lowest BCUT2D eigenvalue weighted by molar-refractivity contribution is -0.155. The number of esters is 1. The Hall–Kier alpha value is -2.21. The lowest BCUT2D eigenvalue weighted by Crippen LogP contribution is -2.39. The van der Waals surface area contributed by atoms with Gasteiger partial charge in [-0.1, -0.05) is 24.3 Å². The summed E-state index contributed by atoms with van der Waals surface area (Å²) in [5, 5.41) is 2.43. The van der Waals surface area contributed by atoms with Crippen LogP contribution in [-0.4, -0.2) is 47.9 Å². The molecule has 3 rings (SSSR count). The fourth-order valence-electron chi connectivity index (χ4n) is 4.14. The third-order valence-corrected chi connectivity index (χ3v) is 5.69. The molecule has 2 saturated heterocycles. The standard InChI is InChI=1S/C23H32N2O4/c1-23(2,3)29-21(27)12-15-25-13-10-17(11-14-25)16-4-6-18(7-5-16)19-8-9-20(26)24-22(19)28/h4-7,17,19H,8-15H2,1-3H3,(H,24,26,28). The topological polar surface area (TPSA) is 75.7 Å². The first kappa shape index (κ1) is 21.5. The van der Waals surface area contributed by atoms with E-state index in [2.05, 4.69) is 22.3 Å². The third kappa shape index (κ3) is 6.13. The van der Waals surface area contributed by atoms with Gasteiger partial charge in [0, 0.05) is 13.0 Å². The maximum absolute atomic E-state index is 12.0. The lowest BCUT2D eigenvalue weighted by Gasteiger charge is -2.32. The monoisotopic (exact) mass is 400 g/mol. The highest BCUT2D eigenvalue weighted by Crippen LogP contribution is 2.31. The van der Waals surface area contributed by atoms with E-state index in [1.807, 2.05) is 32.9 Å². The highest BCUT2D eigenvalue weighted by Gasteiger charge is 2.28. The third-order valence-electron chi connectivity index (χ3n) is 5.69. The Kier molecular flexibility index (Phi) is 6.73. The van der Waals surface area contributed by atoms with Gasteiger partial charge in [-0.2, -0.15) is 0 Å². The molecule has 0 bridgehead atoms. The minimum atomic E-state index is -0.427. The minimum absolute atomic E-state index is 0.135. The van der Waals surface area contributed by atoms with Gasteiger partial charge in [0.25, 0.3) is 0 Å². The first-order valence-corrected chi connectivity index (χ1v) is 10.6. The molecule has 1 N–H and O–H groups in total. The van der Waals surface area contributed by atoms with Gasteiger partial charge in [0.15, 0.2) is 0 Å². The molecule has 1 aromatic carbocycles. The SMILES string of the molecule is CC(C)(C)OC(=O)CCN1CCC(c2ccc(C3CCC(=O)NC3=O)cc2)CC1. The molecule has 1 unspecified atom stereocenters. The van der Waals surface area contributed by atoms with Crippen molar-refractivity contribution in [2.75, 3.05) is 19.6 Å². The van der Waals surface area contributed by atoms with Crippen molar-refractivity contribution in [3.05, 3.63) is 35.4 Å². The number of rotatable bonds is 5. The van der Waals surface area contributed by atoms with E-state index in [1.54, 1.807) is 0 Å². The number of likely N-dealkylation sites (tertiary alicyclic amines) is 1. The van der Waals surface area contributed by atoms with Crippen LogP contribution in [0.5, 0.6) is 0 Å². The maximum Gasteiger partial charge on any atom is 0.307 e. The molecule has 6 heteroatoms. The molecule has 1 atom stereocenters. The molecule has 0 radical (unpaired) electrons. The van der Waals surface area contributed by atoms with E-state index >= 15 is 0 Å². The predicted octanol–water partition coefficient (Wildman–Crippen LogP) is 3.12. The summed E-state index contributed by atoms with van der Waals surface area (Å²) >= 11 is 0. The van der Waals surface area contributed by atoms with E-state index in [0.29, 0.717) is 25.2 Å². The van der Waals surface area contributed by atoms with Crippen molar-refractivity contribution in [1.29, 1.82) is 0 Å². The molecule has 2 fully saturated rings. The zero-order valence-corrected chi connectivity index (χ0v) is 17.7. The molecular formula is C23H32N2O4. The number of hydrogen-bond acceptors (Lipinski definition) is 5. The Balaban J connectivity index is 1.47. The number of nitrogens with one attached hydrogen (secondary N) is 1. The predicted molar refractivity (Wildman–Crippen MR) is 110 cm³/mol. The zero-order valence-electron chi connectivity index (χ0n) is 17.7. The average molecular weight is 401 g/mol. The van der Waals surface area contributed by atoms with Crippen molar-refractivity contribution in [1.82, 2.24) is 10.2 Å². The van der Waals surface area contributed by atoms with E-state index < -0.39 is 5.60 Å². The van der Waals surface area contributed by atoms with Gasteiger partial charge in [-0.25, -0.2) is 0 Å². The summed E-state index contributed by atoms with van der Waals surface area (Å²) in [6, 6.07) is 8.31. The van der Waals surface area contributed by atoms with Crippen LogP contribution in [0, 0.1) is 0 Å². The summed E-state index contributed by atoms with van der Waals surface area (Å²) in [7, 11) is 0. The van der Waals surface area contributed by atoms with Gasteiger partial charge in [0.2, 0.25) is 11.8 Å². The van der Waals surface area contributed by atoms with Gasteiger partial charge < -0.3 is 9.64 Å². The Morgan fingerprint density at radius 2 is 1.69 bits per heavy atom. The quantitative estimate of drug-likeness (QED) is 0.607. The maximum atomic E-state index is 12.0. The van der Waals surface area contributed by atoms with E-state index in [1.165, 1.54) is 5.56 Å². The summed E-state index contributed by atoms with van der Waals surface area (Å²) in [4.78, 5) is 37.6. The van der Waals surface area contributed by atoms with Gasteiger partial charge in [-0.15, -0.1) is 0 Å². The van der Waals surface area contributed by atoms with Crippen molar-refractivity contribution in [2.45, 2.75) is 70.3 Å². The summed E-state index contributed by atoms with van der Waals surface area (Å²) in [6.45, 7) is 8.37. The van der Waals surface area contributed by atoms with Gasteiger partial charge in [0.05, 0.1) is 12.3 Å². The molecule has 2 amide bonds. The zero-order chi connectivity index (χ0) is 21.0. The van der Waals surface area contributed by atoms with Gasteiger partial charge in [-0.05, 0) is 70.2 Å². The van der Waals surface area contributed by atoms with Crippen LogP contribution >= 0.6 is 0 Å². The molecule has 1 aromatic rings. The van der Waals surface area contributed by atoms with Gasteiger partial charge in [0.1, 0.15) is 5.60 Å². The van der Waals surface area contributed by atoms with E-state index in [0.717, 1.165) is 38.0 Å². The molecule has 0 aliphatic carbocycles. The van der Waals surface area contributed by atoms with Crippen LogP contribution in [0.1, 0.15) is 75.8 Å². The van der Waals surface area contributed by atoms with Gasteiger partial charge >= 0.3 is 5.97 Å². The van der Waals surface area contributed by atoms with Crippen molar-refractivity contribution in [2.24, 2.45) is 0 Å². The van der Waals surface area contributed by atoms with E-state index in [9.17, 15) is 14.4 Å². The first-order valence-electron chi connectivity index (χ1n) is 10.6. The number of ether oxygens (including phenoxy) is 1. The highest BCUT2D eigenvalue weighted by molar-refractivity contribution is 6.00. The normalized spacial score (nSPS) is 21.7. The summed E-state index contributed by atoms with van der Waals surface area (Å²) < 4.78 is 5.38. The number of imide groups is 1. The number of carbonyl (C=O) groups is 3. The Morgan fingerprint density at radius 1 is 1.07 bits per heavy atom. The second-order valence-corrected chi connectivity index (χ2v) is 9.12. The van der Waals surface area contributed by atoms with Crippen molar-refractivity contribution in [3.8, 4) is 0 Å². The van der Waals surface area contributed by atoms with E-state index in [4.69, 9.17) is 4.74 Å². The Labute approximate surface area is 173 Å². The fourth-order valence-corrected chi connectivity index (χ4v) is 4.14. The molecule has 0 saturated carbocycles. The van der Waals surface area contributed by atoms with Crippen LogP contribution in [0.4, 0.5) is 0 Å². The van der Waals surface area contributed by atoms with Crippen LogP contribution in [-0.2, 0) is 19.1 Å². The second-order valence-electron chi connectivity index (χ2n) is 9.12. The Bertz CT molecular complexity index is 743. The molecule has 2 aliphatic heterocycles. The number of piperidine rings is 2. The highest BCUT2D eigenvalue weighted by atomic mass is 16.6. The second kappa shape index (κ2) is 9.08. The number of amides is 2. The number of carbonyl (C=O) groups excluding carboxylic acids is 3. The number of hydrogen-bond donors (Lipinski definition) is 1. The molecular weight excluding hydrogens is 368 g/mol. The minimum Gasteiger partial charge on any atom is -0.460 e. The molecule has 158 valence electrons. The van der Waals surface area contributed by atoms with Crippen molar-refractivity contribution >= 4 is 17.8 Å². The number of nitrogens with zero attached hydrogens (tertiary/aromatic N) is 1. The molecule has 2 heterocycles. The fraction of sp³-hybridized carbons (Fsp3) is 0.609. The number of benzene rings is 1. The smallest absolute Gasteiger partial charge is 0.307 e. The Morgan fingerprint density at radius 3 is 2.28 bits per heavy atom. The van der Waals surface area contributed by atoms with Crippen LogP contribution < -0.4 is 5.32 Å². The largest absolute Gasteiger partial charge is 0.460 e. The molecule has 6 nitrogen and oxygen atoms in total. The molecule has 0 aromatic heterocycles. The van der Waals surface area contributed by atoms with Crippen LogP contribution in [0.2, 0.25) is 0 Å². The molecule has 2 aliphatic rings. The molecule has 0 spiro atoms. The summed E-state index contributed by atoms with van der Waals surface area (Å²) in [6.07, 6.45) is 3.54. The van der Waals surface area contributed by atoms with Crippen LogP contribution in [0.3, 0.4) is 0 Å². The summed E-state index contributed by atoms with van der Waals surface area (Å²) in [5.41, 5.74) is 1.85. The van der Waals surface area contributed by atoms with Crippen molar-refractivity contribution in [3.63, 3.8) is 0 Å².